The second kappa shape index (κ2) is 12.8. The minimum atomic E-state index is -4.86. The maximum atomic E-state index is 13.6. The molecule has 2 aromatic rings. The first-order valence-corrected chi connectivity index (χ1v) is 14.0. The van der Waals surface area contributed by atoms with Crippen molar-refractivity contribution in [2.45, 2.75) is 58.4 Å². The number of hydrogen-bond donors (Lipinski definition) is 1. The molecule has 0 radical (unpaired) electrons. The van der Waals surface area contributed by atoms with E-state index in [2.05, 4.69) is 5.32 Å². The van der Waals surface area contributed by atoms with E-state index in [0.717, 1.165) is 23.3 Å². The standard InChI is InChI=1S/C25H30ClF4N3O4S/c1-5-16(3)31-24(35)22(6-2)32(14-17-7-9-18(27)10-8-17)23(34)15-33(38(4,36)37)19-11-12-21(26)20(13-19)25(28,29)30/h7-13,16,22H,5-6,14-15H2,1-4H3,(H,31,35)/t16-,22+/m1/s1. The Morgan fingerprint density at radius 2 is 1.66 bits per heavy atom. The van der Waals surface area contributed by atoms with Gasteiger partial charge in [0.05, 0.1) is 22.5 Å². The molecule has 2 aromatic carbocycles. The fraction of sp³-hybridized carbons (Fsp3) is 0.440. The summed E-state index contributed by atoms with van der Waals surface area (Å²) in [5.74, 6) is -1.83. The molecule has 0 saturated heterocycles. The van der Waals surface area contributed by atoms with Crippen molar-refractivity contribution in [2.75, 3.05) is 17.1 Å². The molecule has 0 heterocycles. The number of hydrogen-bond acceptors (Lipinski definition) is 4. The Bertz CT molecular complexity index is 1240. The van der Waals surface area contributed by atoms with Crippen LogP contribution in [-0.4, -0.2) is 50.0 Å². The van der Waals surface area contributed by atoms with Crippen LogP contribution in [0.25, 0.3) is 0 Å². The first-order chi connectivity index (χ1) is 17.6. The van der Waals surface area contributed by atoms with E-state index < -0.39 is 62.7 Å². The Morgan fingerprint density at radius 3 is 2.16 bits per heavy atom. The predicted octanol–water partition coefficient (Wildman–Crippen LogP) is 4.99. The van der Waals surface area contributed by atoms with Gasteiger partial charge in [-0.05, 0) is 55.7 Å². The quantitative estimate of drug-likeness (QED) is 0.380. The number of alkyl halides is 3. The van der Waals surface area contributed by atoms with Crippen LogP contribution in [0, 0.1) is 5.82 Å². The molecule has 1 N–H and O–H groups in total. The summed E-state index contributed by atoms with van der Waals surface area (Å²) < 4.78 is 79.5. The smallest absolute Gasteiger partial charge is 0.352 e. The van der Waals surface area contributed by atoms with E-state index in [9.17, 15) is 35.6 Å². The van der Waals surface area contributed by atoms with Gasteiger partial charge in [0.25, 0.3) is 0 Å². The third-order valence-corrected chi connectivity index (χ3v) is 7.35. The lowest BCUT2D eigenvalue weighted by atomic mass is 10.1. The number of rotatable bonds is 11. The van der Waals surface area contributed by atoms with Crippen LogP contribution in [0.2, 0.25) is 5.02 Å². The molecule has 0 aromatic heterocycles. The summed E-state index contributed by atoms with van der Waals surface area (Å²) in [6.45, 7) is 4.25. The first-order valence-electron chi connectivity index (χ1n) is 11.8. The molecule has 0 fully saturated rings. The highest BCUT2D eigenvalue weighted by Gasteiger charge is 2.36. The van der Waals surface area contributed by atoms with Crippen LogP contribution in [-0.2, 0) is 32.3 Å². The maximum Gasteiger partial charge on any atom is 0.417 e. The van der Waals surface area contributed by atoms with Crippen LogP contribution >= 0.6 is 11.6 Å². The summed E-state index contributed by atoms with van der Waals surface area (Å²) in [4.78, 5) is 27.8. The van der Waals surface area contributed by atoms with E-state index in [1.165, 1.54) is 24.3 Å². The summed E-state index contributed by atoms with van der Waals surface area (Å²) in [6, 6.07) is 6.45. The molecule has 0 aliphatic heterocycles. The molecule has 0 aliphatic rings. The van der Waals surface area contributed by atoms with Gasteiger partial charge in [0.2, 0.25) is 21.8 Å². The molecular weight excluding hydrogens is 550 g/mol. The van der Waals surface area contributed by atoms with Crippen molar-refractivity contribution in [1.29, 1.82) is 0 Å². The van der Waals surface area contributed by atoms with Gasteiger partial charge < -0.3 is 10.2 Å². The highest BCUT2D eigenvalue weighted by molar-refractivity contribution is 7.92. The molecule has 13 heteroatoms. The maximum absolute atomic E-state index is 13.6. The lowest BCUT2D eigenvalue weighted by molar-refractivity contribution is -0.140. The number of carbonyl (C=O) groups is 2. The van der Waals surface area contributed by atoms with Gasteiger partial charge in [0.1, 0.15) is 18.4 Å². The van der Waals surface area contributed by atoms with Crippen molar-refractivity contribution >= 4 is 39.1 Å². The van der Waals surface area contributed by atoms with E-state index in [1.807, 2.05) is 6.92 Å². The molecule has 0 saturated carbocycles. The van der Waals surface area contributed by atoms with Crippen molar-refractivity contribution < 1.29 is 35.6 Å². The molecule has 0 spiro atoms. The number of amides is 2. The Morgan fingerprint density at radius 1 is 1.05 bits per heavy atom. The highest BCUT2D eigenvalue weighted by Crippen LogP contribution is 2.37. The lowest BCUT2D eigenvalue weighted by Gasteiger charge is -2.33. The second-order valence-corrected chi connectivity index (χ2v) is 11.1. The van der Waals surface area contributed by atoms with Crippen LogP contribution in [0.5, 0.6) is 0 Å². The van der Waals surface area contributed by atoms with Gasteiger partial charge in [0.15, 0.2) is 0 Å². The van der Waals surface area contributed by atoms with Gasteiger partial charge >= 0.3 is 6.18 Å². The minimum Gasteiger partial charge on any atom is -0.352 e. The Balaban J connectivity index is 2.52. The van der Waals surface area contributed by atoms with Crippen molar-refractivity contribution in [2.24, 2.45) is 0 Å². The topological polar surface area (TPSA) is 86.8 Å². The van der Waals surface area contributed by atoms with Crippen LogP contribution in [0.1, 0.15) is 44.7 Å². The molecule has 2 rings (SSSR count). The van der Waals surface area contributed by atoms with E-state index in [-0.39, 0.29) is 19.0 Å². The van der Waals surface area contributed by atoms with E-state index in [4.69, 9.17) is 11.6 Å². The molecule has 0 unspecified atom stereocenters. The average Bonchev–Trinajstić information content (AvgIpc) is 2.82. The van der Waals surface area contributed by atoms with Gasteiger partial charge in [-0.2, -0.15) is 13.2 Å². The zero-order valence-electron chi connectivity index (χ0n) is 21.4. The number of nitrogens with zero attached hydrogens (tertiary/aromatic N) is 2. The fourth-order valence-electron chi connectivity index (χ4n) is 3.65. The summed E-state index contributed by atoms with van der Waals surface area (Å²) in [7, 11) is -4.25. The average molecular weight is 580 g/mol. The monoisotopic (exact) mass is 579 g/mol. The third kappa shape index (κ3) is 8.32. The number of halogens is 5. The lowest BCUT2D eigenvalue weighted by Crippen LogP contribution is -2.53. The number of benzene rings is 2. The third-order valence-electron chi connectivity index (χ3n) is 5.88. The van der Waals surface area contributed by atoms with E-state index in [0.29, 0.717) is 22.4 Å². The first kappa shape index (κ1) is 31.4. The summed E-state index contributed by atoms with van der Waals surface area (Å²) in [6.07, 6.45) is -3.34. The van der Waals surface area contributed by atoms with Gasteiger partial charge in [0, 0.05) is 12.6 Å². The zero-order valence-corrected chi connectivity index (χ0v) is 22.9. The van der Waals surface area contributed by atoms with Crippen molar-refractivity contribution in [3.8, 4) is 0 Å². The number of anilines is 1. The van der Waals surface area contributed by atoms with Crippen LogP contribution in [0.4, 0.5) is 23.2 Å². The number of nitrogens with one attached hydrogen (secondary N) is 1. The highest BCUT2D eigenvalue weighted by atomic mass is 35.5. The van der Waals surface area contributed by atoms with Gasteiger partial charge in [-0.25, -0.2) is 12.8 Å². The SMILES string of the molecule is CC[C@@H](C)NC(=O)[C@H](CC)N(Cc1ccc(F)cc1)C(=O)CN(c1ccc(Cl)c(C(F)(F)F)c1)S(C)(=O)=O. The molecule has 7 nitrogen and oxygen atoms in total. The Kier molecular flexibility index (Phi) is 10.6. The van der Waals surface area contributed by atoms with Gasteiger partial charge in [-0.1, -0.05) is 37.6 Å². The van der Waals surface area contributed by atoms with Gasteiger partial charge in [-0.3, -0.25) is 13.9 Å². The van der Waals surface area contributed by atoms with E-state index >= 15 is 0 Å². The Labute approximate surface area is 224 Å². The zero-order chi connectivity index (χ0) is 28.8. The van der Waals surface area contributed by atoms with Crippen LogP contribution in [0.3, 0.4) is 0 Å². The minimum absolute atomic E-state index is 0.160. The summed E-state index contributed by atoms with van der Waals surface area (Å²) in [5.41, 5.74) is -1.22. The summed E-state index contributed by atoms with van der Waals surface area (Å²) >= 11 is 5.67. The van der Waals surface area contributed by atoms with Crippen molar-refractivity contribution in [3.05, 3.63) is 64.4 Å². The van der Waals surface area contributed by atoms with Crippen molar-refractivity contribution in [3.63, 3.8) is 0 Å². The molecule has 2 atom stereocenters. The molecule has 0 bridgehead atoms. The Hall–Kier alpha value is -2.86. The summed E-state index contributed by atoms with van der Waals surface area (Å²) in [5, 5.41) is 2.16. The van der Waals surface area contributed by atoms with Gasteiger partial charge in [-0.15, -0.1) is 0 Å². The molecule has 38 heavy (non-hydrogen) atoms. The normalized spacial score (nSPS) is 13.5. The molecule has 2 amide bonds. The van der Waals surface area contributed by atoms with Crippen molar-refractivity contribution in [1.82, 2.24) is 10.2 Å². The number of carbonyl (C=O) groups excluding carboxylic acids is 2. The number of sulfonamides is 1. The van der Waals surface area contributed by atoms with E-state index in [1.54, 1.807) is 13.8 Å². The largest absolute Gasteiger partial charge is 0.417 e. The van der Waals surface area contributed by atoms with Crippen LogP contribution < -0.4 is 9.62 Å². The molecule has 0 aliphatic carbocycles. The molecular formula is C25H30ClF4N3O4S. The van der Waals surface area contributed by atoms with Crippen LogP contribution in [0.15, 0.2) is 42.5 Å². The fourth-order valence-corrected chi connectivity index (χ4v) is 4.71. The molecule has 210 valence electrons. The second-order valence-electron chi connectivity index (χ2n) is 8.82. The predicted molar refractivity (Wildman–Crippen MR) is 138 cm³/mol.